The van der Waals surface area contributed by atoms with Crippen molar-refractivity contribution in [3.05, 3.63) is 28.2 Å². The van der Waals surface area contributed by atoms with E-state index in [4.69, 9.17) is 16.3 Å². The highest BCUT2D eigenvalue weighted by atomic mass is 79.9. The molecular weight excluding hydrogens is 344 g/mol. The molecule has 1 saturated heterocycles. The molecule has 1 aliphatic heterocycles. The van der Waals surface area contributed by atoms with E-state index in [0.717, 1.165) is 29.5 Å². The van der Waals surface area contributed by atoms with E-state index >= 15 is 0 Å². The number of nitrogens with one attached hydrogen (secondary N) is 2. The Morgan fingerprint density at radius 3 is 2.77 bits per heavy atom. The molecule has 6 nitrogen and oxygen atoms in total. The molecule has 1 aromatic rings. The van der Waals surface area contributed by atoms with Gasteiger partial charge in [-0.1, -0.05) is 0 Å². The van der Waals surface area contributed by atoms with Crippen molar-refractivity contribution in [2.75, 3.05) is 18.5 Å². The predicted octanol–water partition coefficient (Wildman–Crippen LogP) is 1.44. The van der Waals surface area contributed by atoms with E-state index in [-0.39, 0.29) is 18.1 Å². The molecule has 0 bridgehead atoms. The number of hydrazine groups is 1. The Morgan fingerprint density at radius 2 is 2.14 bits per heavy atom. The van der Waals surface area contributed by atoms with Gasteiger partial charge >= 0.3 is 0 Å². The average Bonchev–Trinajstić information content (AvgIpc) is 2.87. The van der Waals surface area contributed by atoms with E-state index in [0.29, 0.717) is 5.56 Å². The van der Waals surface area contributed by atoms with Gasteiger partial charge in [0.05, 0.1) is 35.5 Å². The Bertz CT molecular complexity index is 605. The maximum atomic E-state index is 9.13. The van der Waals surface area contributed by atoms with Gasteiger partial charge in [-0.15, -0.1) is 0 Å². The number of benzene rings is 1. The molecule has 0 aromatic heterocycles. The Morgan fingerprint density at radius 1 is 1.36 bits per heavy atom. The van der Waals surface area contributed by atoms with E-state index in [2.05, 4.69) is 43.8 Å². The van der Waals surface area contributed by atoms with Gasteiger partial charge in [0.25, 0.3) is 0 Å². The molecule has 7 heteroatoms. The van der Waals surface area contributed by atoms with Gasteiger partial charge in [-0.25, -0.2) is 5.43 Å². The van der Waals surface area contributed by atoms with Crippen LogP contribution < -0.4 is 21.5 Å². The third-order valence-corrected chi connectivity index (χ3v) is 4.54. The lowest BCUT2D eigenvalue weighted by molar-refractivity contribution is 0.464. The van der Waals surface area contributed by atoms with E-state index in [9.17, 15) is 0 Å². The number of hydrogen-bond donors (Lipinski definition) is 3. The fourth-order valence-corrected chi connectivity index (χ4v) is 3.29. The normalized spacial score (nSPS) is 23.8. The van der Waals surface area contributed by atoms with E-state index in [1.807, 2.05) is 25.2 Å². The van der Waals surface area contributed by atoms with Crippen LogP contribution in [-0.4, -0.2) is 25.8 Å². The monoisotopic (exact) mass is 362 g/mol. The Labute approximate surface area is 139 Å². The molecule has 3 atom stereocenters. The second kappa shape index (κ2) is 7.57. The van der Waals surface area contributed by atoms with Crippen molar-refractivity contribution < 1.29 is 0 Å². The van der Waals surface area contributed by atoms with Crippen LogP contribution in [0, 0.1) is 28.6 Å². The lowest BCUT2D eigenvalue weighted by atomic mass is 9.97. The number of nitrogens with zero attached hydrogens (tertiary/aromatic N) is 3. The van der Waals surface area contributed by atoms with Crippen LogP contribution in [0.2, 0.25) is 0 Å². The molecule has 2 rings (SSSR count). The minimum atomic E-state index is -0.305. The largest absolute Gasteiger partial charge is 0.374 e. The van der Waals surface area contributed by atoms with Crippen molar-refractivity contribution in [3.63, 3.8) is 0 Å². The number of halogens is 1. The summed E-state index contributed by atoms with van der Waals surface area (Å²) in [6.07, 6.45) is 1.50. The number of nitrogens with two attached hydrogens (primary N) is 1. The van der Waals surface area contributed by atoms with Crippen LogP contribution in [0.25, 0.3) is 0 Å². The maximum Gasteiger partial charge on any atom is 0.0992 e. The molecule has 1 fully saturated rings. The fraction of sp³-hybridized carbons (Fsp3) is 0.467. The van der Waals surface area contributed by atoms with Gasteiger partial charge < -0.3 is 10.6 Å². The molecular formula is C15H19BrN6. The SMILES string of the molecule is CN(CCCC1NNC(N)C1C#N)c1ccc(C#N)cc1Br. The molecule has 22 heavy (non-hydrogen) atoms. The highest BCUT2D eigenvalue weighted by molar-refractivity contribution is 9.10. The third kappa shape index (κ3) is 3.76. The van der Waals surface area contributed by atoms with Crippen molar-refractivity contribution >= 4 is 21.6 Å². The van der Waals surface area contributed by atoms with Gasteiger partial charge in [0.2, 0.25) is 0 Å². The van der Waals surface area contributed by atoms with E-state index in [1.54, 1.807) is 0 Å². The summed E-state index contributed by atoms with van der Waals surface area (Å²) < 4.78 is 0.909. The summed E-state index contributed by atoms with van der Waals surface area (Å²) in [6, 6.07) is 10.0. The summed E-state index contributed by atoms with van der Waals surface area (Å²) in [5, 5.41) is 18.0. The van der Waals surface area contributed by atoms with Gasteiger partial charge in [-0.2, -0.15) is 10.5 Å². The summed E-state index contributed by atoms with van der Waals surface area (Å²) >= 11 is 3.50. The van der Waals surface area contributed by atoms with E-state index in [1.165, 1.54) is 0 Å². The topological polar surface area (TPSA) is 101 Å². The molecule has 1 aliphatic rings. The zero-order valence-electron chi connectivity index (χ0n) is 12.4. The van der Waals surface area contributed by atoms with Crippen molar-refractivity contribution in [2.24, 2.45) is 11.7 Å². The van der Waals surface area contributed by atoms with Crippen LogP contribution >= 0.6 is 15.9 Å². The number of nitriles is 2. The minimum Gasteiger partial charge on any atom is -0.374 e. The maximum absolute atomic E-state index is 9.13. The number of hydrogen-bond acceptors (Lipinski definition) is 6. The number of rotatable bonds is 5. The first-order valence-electron chi connectivity index (χ1n) is 7.14. The molecule has 0 radical (unpaired) electrons. The summed E-state index contributed by atoms with van der Waals surface area (Å²) in [7, 11) is 2.01. The quantitative estimate of drug-likeness (QED) is 0.732. The predicted molar refractivity (Wildman–Crippen MR) is 88.5 cm³/mol. The highest BCUT2D eigenvalue weighted by Crippen LogP contribution is 2.27. The van der Waals surface area contributed by atoms with Crippen molar-refractivity contribution in [1.29, 1.82) is 10.5 Å². The molecule has 4 N–H and O–H groups in total. The smallest absolute Gasteiger partial charge is 0.0992 e. The molecule has 0 aliphatic carbocycles. The van der Waals surface area contributed by atoms with Gasteiger partial charge in [-0.3, -0.25) is 5.43 Å². The number of anilines is 1. The Balaban J connectivity index is 1.87. The first-order valence-corrected chi connectivity index (χ1v) is 7.93. The molecule has 116 valence electrons. The van der Waals surface area contributed by atoms with Gasteiger partial charge in [0.15, 0.2) is 0 Å². The van der Waals surface area contributed by atoms with Gasteiger partial charge in [0.1, 0.15) is 0 Å². The van der Waals surface area contributed by atoms with Crippen LogP contribution in [0.4, 0.5) is 5.69 Å². The zero-order valence-corrected chi connectivity index (χ0v) is 14.0. The minimum absolute atomic E-state index is 0.0813. The van der Waals surface area contributed by atoms with Crippen LogP contribution in [0.5, 0.6) is 0 Å². The molecule has 0 amide bonds. The van der Waals surface area contributed by atoms with Crippen LogP contribution in [-0.2, 0) is 0 Å². The summed E-state index contributed by atoms with van der Waals surface area (Å²) in [4.78, 5) is 2.13. The fourth-order valence-electron chi connectivity index (χ4n) is 2.61. The van der Waals surface area contributed by atoms with E-state index < -0.39 is 0 Å². The highest BCUT2D eigenvalue weighted by Gasteiger charge is 2.32. The lowest BCUT2D eigenvalue weighted by Gasteiger charge is -2.22. The molecule has 3 unspecified atom stereocenters. The van der Waals surface area contributed by atoms with Crippen molar-refractivity contribution in [1.82, 2.24) is 10.9 Å². The van der Waals surface area contributed by atoms with Gasteiger partial charge in [-0.05, 0) is 47.0 Å². The molecule has 1 heterocycles. The lowest BCUT2D eigenvalue weighted by Crippen LogP contribution is -2.38. The molecule has 0 saturated carbocycles. The third-order valence-electron chi connectivity index (χ3n) is 3.90. The second-order valence-electron chi connectivity index (χ2n) is 5.42. The molecule has 1 aromatic carbocycles. The summed E-state index contributed by atoms with van der Waals surface area (Å²) in [5.41, 5.74) is 13.5. The summed E-state index contributed by atoms with van der Waals surface area (Å²) in [6.45, 7) is 0.857. The van der Waals surface area contributed by atoms with Crippen LogP contribution in [0.3, 0.4) is 0 Å². The van der Waals surface area contributed by atoms with Crippen LogP contribution in [0.15, 0.2) is 22.7 Å². The Kier molecular flexibility index (Phi) is 5.76. The first-order chi connectivity index (χ1) is 10.6. The van der Waals surface area contributed by atoms with Crippen molar-refractivity contribution in [2.45, 2.75) is 25.0 Å². The second-order valence-corrected chi connectivity index (χ2v) is 6.27. The standard InChI is InChI=1S/C15H19BrN6/c1-22(14-5-4-10(8-17)7-12(14)16)6-2-3-13-11(9-18)15(19)21-20-13/h4-5,7,11,13,15,20-21H,2-3,6,19H2,1H3. The Hall–Kier alpha value is -1.64. The van der Waals surface area contributed by atoms with Crippen molar-refractivity contribution in [3.8, 4) is 12.1 Å². The molecule has 0 spiro atoms. The zero-order chi connectivity index (χ0) is 16.1. The average molecular weight is 363 g/mol. The first kappa shape index (κ1) is 16.7. The van der Waals surface area contributed by atoms with Crippen LogP contribution in [0.1, 0.15) is 18.4 Å². The van der Waals surface area contributed by atoms with Gasteiger partial charge in [0, 0.05) is 24.1 Å². The summed E-state index contributed by atoms with van der Waals surface area (Å²) in [5.74, 6) is -0.202.